The van der Waals surface area contributed by atoms with Crippen LogP contribution in [0.3, 0.4) is 0 Å². The second-order valence-electron chi connectivity index (χ2n) is 8.37. The molecule has 24 heavy (non-hydrogen) atoms. The zero-order chi connectivity index (χ0) is 17.1. The van der Waals surface area contributed by atoms with Crippen LogP contribution in [0.1, 0.15) is 46.0 Å². The lowest BCUT2D eigenvalue weighted by molar-refractivity contribution is -0.136. The van der Waals surface area contributed by atoms with E-state index in [-0.39, 0.29) is 11.8 Å². The first-order valence-electron chi connectivity index (χ1n) is 9.81. The molecule has 0 spiro atoms. The van der Waals surface area contributed by atoms with Gasteiger partial charge in [-0.25, -0.2) is 0 Å². The van der Waals surface area contributed by atoms with Crippen LogP contribution in [0, 0.1) is 23.7 Å². The van der Waals surface area contributed by atoms with E-state index in [1.807, 2.05) is 4.90 Å². The van der Waals surface area contributed by atoms with Crippen LogP contribution in [0.15, 0.2) is 0 Å². The molecule has 2 atom stereocenters. The molecule has 3 fully saturated rings. The summed E-state index contributed by atoms with van der Waals surface area (Å²) in [5, 5.41) is 3.12. The summed E-state index contributed by atoms with van der Waals surface area (Å²) < 4.78 is 0. The standard InChI is InChI=1S/C19H33N3O2/c1-14-11-15(2)13-21(12-14)10-7-20-18(23)16-5-8-22(9-6-16)19(24)17-3-4-17/h14-17H,3-13H2,1-2H3,(H,20,23)/t14-,15-/m0/s1. The van der Waals surface area contributed by atoms with Gasteiger partial charge in [-0.05, 0) is 43.9 Å². The normalized spacial score (nSPS) is 29.5. The molecule has 2 heterocycles. The second-order valence-corrected chi connectivity index (χ2v) is 8.37. The number of likely N-dealkylation sites (tertiary alicyclic amines) is 2. The van der Waals surface area contributed by atoms with Gasteiger partial charge in [-0.3, -0.25) is 9.59 Å². The van der Waals surface area contributed by atoms with E-state index in [0.29, 0.717) is 11.8 Å². The zero-order valence-corrected chi connectivity index (χ0v) is 15.3. The fourth-order valence-corrected chi connectivity index (χ4v) is 4.41. The summed E-state index contributed by atoms with van der Waals surface area (Å²) in [6.45, 7) is 10.2. The van der Waals surface area contributed by atoms with Crippen molar-refractivity contribution in [1.82, 2.24) is 15.1 Å². The van der Waals surface area contributed by atoms with Gasteiger partial charge in [0, 0.05) is 51.1 Å². The van der Waals surface area contributed by atoms with Crippen molar-refractivity contribution < 1.29 is 9.59 Å². The molecule has 0 aromatic rings. The Kier molecular flexibility index (Phi) is 5.80. The molecular weight excluding hydrogens is 302 g/mol. The average Bonchev–Trinajstić information content (AvgIpc) is 3.38. The molecule has 0 aromatic heterocycles. The number of carbonyl (C=O) groups is 2. The summed E-state index contributed by atoms with van der Waals surface area (Å²) in [4.78, 5) is 28.9. The molecule has 136 valence electrons. The number of piperidine rings is 2. The highest BCUT2D eigenvalue weighted by Crippen LogP contribution is 2.32. The molecule has 1 N–H and O–H groups in total. The number of hydrogen-bond donors (Lipinski definition) is 1. The Balaban J connectivity index is 1.33. The number of hydrogen-bond acceptors (Lipinski definition) is 3. The molecule has 3 rings (SSSR count). The smallest absolute Gasteiger partial charge is 0.225 e. The van der Waals surface area contributed by atoms with Crippen molar-refractivity contribution >= 4 is 11.8 Å². The van der Waals surface area contributed by atoms with Crippen LogP contribution < -0.4 is 5.32 Å². The molecule has 5 heteroatoms. The maximum absolute atomic E-state index is 12.4. The molecular formula is C19H33N3O2. The van der Waals surface area contributed by atoms with Gasteiger partial charge in [0.2, 0.25) is 11.8 Å². The number of carbonyl (C=O) groups excluding carboxylic acids is 2. The first-order valence-corrected chi connectivity index (χ1v) is 9.81. The van der Waals surface area contributed by atoms with Crippen LogP contribution in [0.5, 0.6) is 0 Å². The third-order valence-electron chi connectivity index (χ3n) is 5.78. The largest absolute Gasteiger partial charge is 0.355 e. The predicted octanol–water partition coefficient (Wildman–Crippen LogP) is 1.73. The quantitative estimate of drug-likeness (QED) is 0.832. The van der Waals surface area contributed by atoms with Crippen LogP contribution in [0.4, 0.5) is 0 Å². The summed E-state index contributed by atoms with van der Waals surface area (Å²) in [6.07, 6.45) is 5.09. The minimum Gasteiger partial charge on any atom is -0.355 e. The minimum absolute atomic E-state index is 0.0902. The molecule has 3 aliphatic rings. The molecule has 0 unspecified atom stereocenters. The summed E-state index contributed by atoms with van der Waals surface area (Å²) in [5.41, 5.74) is 0. The Morgan fingerprint density at radius 2 is 1.58 bits per heavy atom. The number of nitrogens with one attached hydrogen (secondary N) is 1. The number of rotatable bonds is 5. The summed E-state index contributed by atoms with van der Waals surface area (Å²) in [7, 11) is 0. The Morgan fingerprint density at radius 1 is 0.958 bits per heavy atom. The maximum Gasteiger partial charge on any atom is 0.225 e. The van der Waals surface area contributed by atoms with Crippen molar-refractivity contribution in [3.8, 4) is 0 Å². The molecule has 1 aliphatic carbocycles. The SMILES string of the molecule is C[C@H]1C[C@H](C)CN(CCNC(=O)C2CCN(C(=O)C3CC3)CC2)C1. The molecule has 0 aromatic carbocycles. The van der Waals surface area contributed by atoms with E-state index in [1.54, 1.807) is 0 Å². The lowest BCUT2D eigenvalue weighted by atomic mass is 9.92. The lowest BCUT2D eigenvalue weighted by Crippen LogP contribution is -2.46. The molecule has 1 saturated carbocycles. The summed E-state index contributed by atoms with van der Waals surface area (Å²) in [6, 6.07) is 0. The zero-order valence-electron chi connectivity index (χ0n) is 15.3. The Labute approximate surface area is 146 Å². The molecule has 2 amide bonds. The molecule has 5 nitrogen and oxygen atoms in total. The Hall–Kier alpha value is -1.10. The Morgan fingerprint density at radius 3 is 2.17 bits per heavy atom. The molecule has 0 radical (unpaired) electrons. The number of nitrogens with zero attached hydrogens (tertiary/aromatic N) is 2. The van der Waals surface area contributed by atoms with E-state index in [2.05, 4.69) is 24.1 Å². The van der Waals surface area contributed by atoms with E-state index in [4.69, 9.17) is 0 Å². The molecule has 2 aliphatic heterocycles. The highest BCUT2D eigenvalue weighted by atomic mass is 16.2. The minimum atomic E-state index is 0.0902. The van der Waals surface area contributed by atoms with Crippen molar-refractivity contribution in [3.63, 3.8) is 0 Å². The van der Waals surface area contributed by atoms with Gasteiger partial charge in [-0.2, -0.15) is 0 Å². The molecule has 0 bridgehead atoms. The summed E-state index contributed by atoms with van der Waals surface area (Å²) >= 11 is 0. The topological polar surface area (TPSA) is 52.7 Å². The van der Waals surface area contributed by atoms with Gasteiger partial charge < -0.3 is 15.1 Å². The van der Waals surface area contributed by atoms with E-state index >= 15 is 0 Å². The maximum atomic E-state index is 12.4. The third kappa shape index (κ3) is 4.71. The average molecular weight is 335 g/mol. The van der Waals surface area contributed by atoms with Crippen LogP contribution in [0.2, 0.25) is 0 Å². The van der Waals surface area contributed by atoms with Gasteiger partial charge >= 0.3 is 0 Å². The predicted molar refractivity (Wildman–Crippen MR) is 94.4 cm³/mol. The highest BCUT2D eigenvalue weighted by Gasteiger charge is 2.35. The number of amides is 2. The van der Waals surface area contributed by atoms with E-state index in [0.717, 1.165) is 76.8 Å². The third-order valence-corrected chi connectivity index (χ3v) is 5.78. The van der Waals surface area contributed by atoms with Gasteiger partial charge in [0.25, 0.3) is 0 Å². The highest BCUT2D eigenvalue weighted by molar-refractivity contribution is 5.82. The van der Waals surface area contributed by atoms with Crippen molar-refractivity contribution in [2.75, 3.05) is 39.3 Å². The van der Waals surface area contributed by atoms with E-state index < -0.39 is 0 Å². The summed E-state index contributed by atoms with van der Waals surface area (Å²) in [5.74, 6) is 2.42. The molecule has 2 saturated heterocycles. The Bertz CT molecular complexity index is 446. The van der Waals surface area contributed by atoms with Gasteiger partial charge in [0.05, 0.1) is 0 Å². The van der Waals surface area contributed by atoms with Gasteiger partial charge in [0.15, 0.2) is 0 Å². The van der Waals surface area contributed by atoms with Gasteiger partial charge in [-0.1, -0.05) is 13.8 Å². The van der Waals surface area contributed by atoms with Crippen molar-refractivity contribution in [3.05, 3.63) is 0 Å². The van der Waals surface area contributed by atoms with Gasteiger partial charge in [0.1, 0.15) is 0 Å². The monoisotopic (exact) mass is 335 g/mol. The van der Waals surface area contributed by atoms with Crippen LogP contribution in [-0.4, -0.2) is 60.9 Å². The van der Waals surface area contributed by atoms with Crippen molar-refractivity contribution in [2.45, 2.75) is 46.0 Å². The first-order chi connectivity index (χ1) is 11.5. The fraction of sp³-hybridized carbons (Fsp3) is 0.895. The van der Waals surface area contributed by atoms with Gasteiger partial charge in [-0.15, -0.1) is 0 Å². The van der Waals surface area contributed by atoms with Crippen LogP contribution in [-0.2, 0) is 9.59 Å². The lowest BCUT2D eigenvalue weighted by Gasteiger charge is -2.35. The fourth-order valence-electron chi connectivity index (χ4n) is 4.41. The first kappa shape index (κ1) is 17.7. The van der Waals surface area contributed by atoms with E-state index in [1.165, 1.54) is 6.42 Å². The van der Waals surface area contributed by atoms with Crippen LogP contribution in [0.25, 0.3) is 0 Å². The van der Waals surface area contributed by atoms with Crippen molar-refractivity contribution in [1.29, 1.82) is 0 Å². The van der Waals surface area contributed by atoms with E-state index in [9.17, 15) is 9.59 Å². The van der Waals surface area contributed by atoms with Crippen LogP contribution >= 0.6 is 0 Å². The van der Waals surface area contributed by atoms with Crippen molar-refractivity contribution in [2.24, 2.45) is 23.7 Å². The second kappa shape index (κ2) is 7.85.